The molecule has 0 bridgehead atoms. The summed E-state index contributed by atoms with van der Waals surface area (Å²) in [7, 11) is 0. The summed E-state index contributed by atoms with van der Waals surface area (Å²) in [5, 5.41) is 9.92. The lowest BCUT2D eigenvalue weighted by Gasteiger charge is -2.27. The molecule has 40 heavy (non-hydrogen) atoms. The number of ether oxygens (including phenoxy) is 5. The van der Waals surface area contributed by atoms with E-state index in [4.69, 9.17) is 29.4 Å². The van der Waals surface area contributed by atoms with Crippen molar-refractivity contribution in [2.45, 2.75) is 52.6 Å². The highest BCUT2D eigenvalue weighted by Gasteiger charge is 2.32. The standard InChI is InChI=1S/C32H34N2O6/c1-6-36-27-15-10-22(16-29(27)37-7-2)30-25-14-13-24(17-28(25)40-31(34)26(30)18-33)39-32(35)20(5)38-23-11-8-21(9-12-23)19(3)4/h8-17,19-20,30H,6-7,34H2,1-5H3. The van der Waals surface area contributed by atoms with Gasteiger partial charge in [-0.15, -0.1) is 0 Å². The van der Waals surface area contributed by atoms with Crippen LogP contribution in [-0.2, 0) is 4.79 Å². The minimum Gasteiger partial charge on any atom is -0.490 e. The number of nitrogens with zero attached hydrogens (tertiary/aromatic N) is 1. The predicted molar refractivity (Wildman–Crippen MR) is 151 cm³/mol. The molecule has 0 fully saturated rings. The Kier molecular flexibility index (Phi) is 8.85. The van der Waals surface area contributed by atoms with Gasteiger partial charge in [-0.3, -0.25) is 0 Å². The molecule has 8 nitrogen and oxygen atoms in total. The second kappa shape index (κ2) is 12.5. The van der Waals surface area contributed by atoms with Gasteiger partial charge in [0.15, 0.2) is 17.6 Å². The van der Waals surface area contributed by atoms with Gasteiger partial charge in [-0.1, -0.05) is 38.1 Å². The summed E-state index contributed by atoms with van der Waals surface area (Å²) in [6, 6.07) is 20.4. The highest BCUT2D eigenvalue weighted by molar-refractivity contribution is 5.77. The van der Waals surface area contributed by atoms with E-state index < -0.39 is 18.0 Å². The molecule has 0 aliphatic carbocycles. The first-order valence-electron chi connectivity index (χ1n) is 13.3. The first-order valence-corrected chi connectivity index (χ1v) is 13.3. The normalized spacial score (nSPS) is 15.0. The molecule has 1 heterocycles. The third kappa shape index (κ3) is 6.15. The molecule has 0 aromatic heterocycles. The zero-order valence-electron chi connectivity index (χ0n) is 23.4. The molecule has 2 atom stereocenters. The monoisotopic (exact) mass is 542 g/mol. The quantitative estimate of drug-likeness (QED) is 0.238. The van der Waals surface area contributed by atoms with Gasteiger partial charge < -0.3 is 29.4 Å². The number of nitriles is 1. The van der Waals surface area contributed by atoms with Crippen LogP contribution in [0.25, 0.3) is 0 Å². The van der Waals surface area contributed by atoms with Crippen molar-refractivity contribution >= 4 is 5.97 Å². The fraction of sp³-hybridized carbons (Fsp3) is 0.312. The molecule has 4 rings (SSSR count). The lowest BCUT2D eigenvalue weighted by molar-refractivity contribution is -0.141. The maximum absolute atomic E-state index is 12.8. The van der Waals surface area contributed by atoms with Crippen LogP contribution in [0.3, 0.4) is 0 Å². The Balaban J connectivity index is 1.57. The van der Waals surface area contributed by atoms with Crippen molar-refractivity contribution in [3.63, 3.8) is 0 Å². The van der Waals surface area contributed by atoms with Crippen molar-refractivity contribution < 1.29 is 28.5 Å². The van der Waals surface area contributed by atoms with Crippen molar-refractivity contribution in [1.29, 1.82) is 5.26 Å². The highest BCUT2D eigenvalue weighted by atomic mass is 16.6. The van der Waals surface area contributed by atoms with Crippen LogP contribution < -0.4 is 29.4 Å². The predicted octanol–water partition coefficient (Wildman–Crippen LogP) is 6.20. The largest absolute Gasteiger partial charge is 0.490 e. The number of fused-ring (bicyclic) bond motifs is 1. The van der Waals surface area contributed by atoms with Gasteiger partial charge >= 0.3 is 5.97 Å². The number of nitrogens with two attached hydrogens (primary N) is 1. The molecular weight excluding hydrogens is 508 g/mol. The smallest absolute Gasteiger partial charge is 0.352 e. The van der Waals surface area contributed by atoms with Gasteiger partial charge in [0, 0.05) is 11.6 Å². The number of benzene rings is 3. The van der Waals surface area contributed by atoms with Crippen molar-refractivity contribution in [3.05, 3.63) is 88.8 Å². The number of carbonyl (C=O) groups is 1. The summed E-state index contributed by atoms with van der Waals surface area (Å²) in [6.45, 7) is 10.6. The molecule has 0 radical (unpaired) electrons. The molecule has 0 saturated heterocycles. The van der Waals surface area contributed by atoms with Crippen molar-refractivity contribution in [1.82, 2.24) is 0 Å². The van der Waals surface area contributed by atoms with Crippen LogP contribution in [0.15, 0.2) is 72.1 Å². The average molecular weight is 543 g/mol. The van der Waals surface area contributed by atoms with E-state index in [9.17, 15) is 10.1 Å². The fourth-order valence-electron chi connectivity index (χ4n) is 4.47. The third-order valence-corrected chi connectivity index (χ3v) is 6.50. The topological polar surface area (TPSA) is 113 Å². The molecule has 3 aromatic carbocycles. The molecule has 2 unspecified atom stereocenters. The van der Waals surface area contributed by atoms with Crippen LogP contribution in [0, 0.1) is 11.3 Å². The van der Waals surface area contributed by atoms with Gasteiger partial charge in [0.1, 0.15) is 28.9 Å². The molecule has 208 valence electrons. The van der Waals surface area contributed by atoms with E-state index in [0.29, 0.717) is 47.7 Å². The second-order valence-electron chi connectivity index (χ2n) is 9.60. The van der Waals surface area contributed by atoms with Gasteiger partial charge in [0.2, 0.25) is 5.88 Å². The Hall–Kier alpha value is -4.64. The Bertz CT molecular complexity index is 1440. The van der Waals surface area contributed by atoms with Crippen LogP contribution in [0.2, 0.25) is 0 Å². The Morgan fingerprint density at radius 1 is 0.950 bits per heavy atom. The first-order chi connectivity index (χ1) is 19.2. The van der Waals surface area contributed by atoms with E-state index >= 15 is 0 Å². The second-order valence-corrected chi connectivity index (χ2v) is 9.60. The summed E-state index contributed by atoms with van der Waals surface area (Å²) in [5.41, 5.74) is 9.11. The summed E-state index contributed by atoms with van der Waals surface area (Å²) >= 11 is 0. The molecule has 1 aliphatic rings. The number of esters is 1. The molecular formula is C32H34N2O6. The number of allylic oxidation sites excluding steroid dienone is 1. The maximum atomic E-state index is 12.8. The van der Waals surface area contributed by atoms with E-state index in [1.165, 1.54) is 5.56 Å². The highest BCUT2D eigenvalue weighted by Crippen LogP contribution is 2.45. The van der Waals surface area contributed by atoms with E-state index in [0.717, 1.165) is 5.56 Å². The Morgan fingerprint density at radius 2 is 1.62 bits per heavy atom. The van der Waals surface area contributed by atoms with E-state index in [2.05, 4.69) is 19.9 Å². The van der Waals surface area contributed by atoms with Crippen LogP contribution in [0.1, 0.15) is 63.1 Å². The summed E-state index contributed by atoms with van der Waals surface area (Å²) in [4.78, 5) is 12.8. The van der Waals surface area contributed by atoms with Gasteiger partial charge in [0.25, 0.3) is 0 Å². The minimum atomic E-state index is -0.842. The third-order valence-electron chi connectivity index (χ3n) is 6.50. The van der Waals surface area contributed by atoms with E-state index in [-0.39, 0.29) is 17.2 Å². The number of rotatable bonds is 10. The van der Waals surface area contributed by atoms with E-state index in [1.54, 1.807) is 25.1 Å². The fourth-order valence-corrected chi connectivity index (χ4v) is 4.47. The molecule has 0 spiro atoms. The molecule has 0 saturated carbocycles. The van der Waals surface area contributed by atoms with Crippen LogP contribution in [0.5, 0.6) is 28.7 Å². The summed E-state index contributed by atoms with van der Waals surface area (Å²) < 4.78 is 28.7. The number of hydrogen-bond donors (Lipinski definition) is 1. The number of hydrogen-bond acceptors (Lipinski definition) is 8. The molecule has 8 heteroatoms. The maximum Gasteiger partial charge on any atom is 0.352 e. The molecule has 1 aliphatic heterocycles. The first kappa shape index (κ1) is 28.4. The Morgan fingerprint density at radius 3 is 2.27 bits per heavy atom. The lowest BCUT2D eigenvalue weighted by atomic mass is 9.83. The van der Waals surface area contributed by atoms with Crippen LogP contribution in [0.4, 0.5) is 0 Å². The van der Waals surface area contributed by atoms with Crippen molar-refractivity contribution in [2.24, 2.45) is 5.73 Å². The zero-order chi connectivity index (χ0) is 28.8. The van der Waals surface area contributed by atoms with Crippen LogP contribution >= 0.6 is 0 Å². The van der Waals surface area contributed by atoms with E-state index in [1.807, 2.05) is 56.3 Å². The average Bonchev–Trinajstić information content (AvgIpc) is 2.93. The zero-order valence-corrected chi connectivity index (χ0v) is 23.4. The molecule has 3 aromatic rings. The van der Waals surface area contributed by atoms with Crippen LogP contribution in [-0.4, -0.2) is 25.3 Å². The SMILES string of the molecule is CCOc1ccc(C2C(C#N)=C(N)Oc3cc(OC(=O)C(C)Oc4ccc(C(C)C)cc4)ccc32)cc1OCC. The van der Waals surface area contributed by atoms with Gasteiger partial charge in [-0.2, -0.15) is 5.26 Å². The number of carbonyl (C=O) groups excluding carboxylic acids is 1. The summed E-state index contributed by atoms with van der Waals surface area (Å²) in [6.07, 6.45) is -0.842. The molecule has 0 amide bonds. The van der Waals surface area contributed by atoms with Crippen molar-refractivity contribution in [3.8, 4) is 34.8 Å². The van der Waals surface area contributed by atoms with Gasteiger partial charge in [0.05, 0.1) is 19.1 Å². The van der Waals surface area contributed by atoms with Gasteiger partial charge in [-0.25, -0.2) is 4.79 Å². The summed E-state index contributed by atoms with van der Waals surface area (Å²) in [5.74, 6) is 1.73. The molecule has 2 N–H and O–H groups in total. The Labute approximate surface area is 234 Å². The van der Waals surface area contributed by atoms with Crippen molar-refractivity contribution in [2.75, 3.05) is 13.2 Å². The lowest BCUT2D eigenvalue weighted by Crippen LogP contribution is -2.28. The minimum absolute atomic E-state index is 0.0168. The van der Waals surface area contributed by atoms with Gasteiger partial charge in [-0.05, 0) is 68.1 Å².